The van der Waals surface area contributed by atoms with Crippen LogP contribution in [0.4, 0.5) is 0 Å². The maximum absolute atomic E-state index is 10.4. The number of nitrogens with zero attached hydrogens (tertiary/aromatic N) is 2. The summed E-state index contributed by atoms with van der Waals surface area (Å²) in [5.41, 5.74) is 7.86. The zero-order valence-electron chi connectivity index (χ0n) is 29.3. The quantitative estimate of drug-likeness (QED) is 0.0730. The second-order valence-corrected chi connectivity index (χ2v) is 13.4. The highest BCUT2D eigenvalue weighted by Crippen LogP contribution is 2.18. The topological polar surface area (TPSA) is 94.7 Å². The molecule has 8 bridgehead atoms. The number of aromatic nitrogens is 4. The fourth-order valence-corrected chi connectivity index (χ4v) is 6.30. The molecule has 0 fully saturated rings. The molecule has 5 heterocycles. The van der Waals surface area contributed by atoms with E-state index in [0.717, 1.165) is 57.7 Å². The van der Waals surface area contributed by atoms with Gasteiger partial charge in [0.05, 0.1) is 22.8 Å². The van der Waals surface area contributed by atoms with Gasteiger partial charge in [0.25, 0.3) is 0 Å². The van der Waals surface area contributed by atoms with Crippen molar-refractivity contribution >= 4 is 52.3 Å². The average molecular weight is 651 g/mol. The number of rotatable bonds is 20. The lowest BCUT2D eigenvalue weighted by Gasteiger charge is -2.03. The van der Waals surface area contributed by atoms with Crippen molar-refractivity contribution in [1.29, 1.82) is 0 Å². The Morgan fingerprint density at radius 3 is 1.15 bits per heavy atom. The summed E-state index contributed by atoms with van der Waals surface area (Å²) in [6, 6.07) is 16.4. The summed E-state index contributed by atoms with van der Waals surface area (Å²) in [6.07, 6.45) is 34.1. The summed E-state index contributed by atoms with van der Waals surface area (Å²) < 4.78 is 0. The minimum atomic E-state index is -0.651. The van der Waals surface area contributed by atoms with Crippen molar-refractivity contribution in [2.24, 2.45) is 0 Å². The number of hydrogen-bond donors (Lipinski definition) is 3. The van der Waals surface area contributed by atoms with E-state index in [1.807, 2.05) is 42.5 Å². The van der Waals surface area contributed by atoms with Gasteiger partial charge in [0.1, 0.15) is 0 Å². The molecule has 0 atom stereocenters. The number of carbonyl (C=O) groups is 1. The number of carboxylic acids is 1. The molecule has 3 aromatic heterocycles. The maximum atomic E-state index is 10.4. The second-order valence-electron chi connectivity index (χ2n) is 13.4. The highest BCUT2D eigenvalue weighted by atomic mass is 16.4. The van der Waals surface area contributed by atoms with E-state index in [4.69, 9.17) is 5.11 Å². The minimum Gasteiger partial charge on any atom is -0.481 e. The molecule has 0 saturated carbocycles. The smallest absolute Gasteiger partial charge is 0.303 e. The van der Waals surface area contributed by atoms with E-state index in [-0.39, 0.29) is 0 Å². The van der Waals surface area contributed by atoms with Gasteiger partial charge >= 0.3 is 5.97 Å². The molecule has 5 rings (SSSR count). The van der Waals surface area contributed by atoms with Crippen molar-refractivity contribution in [3.8, 4) is 0 Å². The fourth-order valence-electron chi connectivity index (χ4n) is 6.30. The third-order valence-electron chi connectivity index (χ3n) is 9.04. The van der Waals surface area contributed by atoms with Gasteiger partial charge in [0, 0.05) is 28.5 Å². The number of aromatic amines is 2. The second kappa shape index (κ2) is 21.8. The average Bonchev–Trinajstić information content (AvgIpc) is 3.89. The molecular weight excluding hydrogens is 592 g/mol. The molecule has 0 saturated heterocycles. The van der Waals surface area contributed by atoms with E-state index >= 15 is 0 Å². The van der Waals surface area contributed by atoms with Crippen LogP contribution in [0, 0.1) is 0 Å². The molecule has 48 heavy (non-hydrogen) atoms. The molecule has 0 amide bonds. The van der Waals surface area contributed by atoms with Gasteiger partial charge in [-0.3, -0.25) is 4.79 Å². The third-order valence-corrected chi connectivity index (χ3v) is 9.04. The highest BCUT2D eigenvalue weighted by molar-refractivity contribution is 5.77. The minimum absolute atomic E-state index is 0.346. The molecule has 0 aromatic carbocycles. The van der Waals surface area contributed by atoms with Crippen LogP contribution >= 0.6 is 0 Å². The lowest BCUT2D eigenvalue weighted by molar-refractivity contribution is -0.137. The van der Waals surface area contributed by atoms with Crippen LogP contribution in [0.15, 0.2) is 48.5 Å². The van der Waals surface area contributed by atoms with Crippen LogP contribution in [0.1, 0.15) is 158 Å². The largest absolute Gasteiger partial charge is 0.481 e. The van der Waals surface area contributed by atoms with Crippen molar-refractivity contribution < 1.29 is 9.90 Å². The number of carboxylic acid groups (broad SMARTS) is 1. The summed E-state index contributed by atoms with van der Waals surface area (Å²) in [7, 11) is 0. The monoisotopic (exact) mass is 650 g/mol. The van der Waals surface area contributed by atoms with Gasteiger partial charge in [-0.1, -0.05) is 122 Å². The molecule has 0 aliphatic carbocycles. The lowest BCUT2D eigenvalue weighted by Crippen LogP contribution is -1.93. The molecule has 0 unspecified atom stereocenters. The Hall–Kier alpha value is -3.93. The van der Waals surface area contributed by atoms with Crippen LogP contribution in [-0.4, -0.2) is 31.0 Å². The molecule has 6 heteroatoms. The number of fused-ring (bicyclic) bond motifs is 8. The van der Waals surface area contributed by atoms with Crippen LogP contribution in [0.5, 0.6) is 0 Å². The van der Waals surface area contributed by atoms with Gasteiger partial charge in [-0.2, -0.15) is 0 Å². The molecule has 2 aliphatic rings. The van der Waals surface area contributed by atoms with Crippen molar-refractivity contribution in [3.05, 3.63) is 71.3 Å². The van der Waals surface area contributed by atoms with E-state index in [9.17, 15) is 4.79 Å². The van der Waals surface area contributed by atoms with E-state index < -0.39 is 5.97 Å². The van der Waals surface area contributed by atoms with Crippen molar-refractivity contribution in [1.82, 2.24) is 19.9 Å². The Balaban J connectivity index is 0.000000217. The molecule has 0 spiro atoms. The van der Waals surface area contributed by atoms with Crippen LogP contribution in [-0.2, 0) is 4.79 Å². The van der Waals surface area contributed by atoms with Gasteiger partial charge in [-0.25, -0.2) is 9.97 Å². The SMILES string of the molecule is C1=Cc2cc3ccc(cc4ccc(cc5nc(cc1n2)C=C5)[nH]4)[nH]3.CCCCCCCCCCCCCCCCCCCCCC(=O)O. The molecule has 3 N–H and O–H groups in total. The summed E-state index contributed by atoms with van der Waals surface area (Å²) in [5.74, 6) is -0.651. The van der Waals surface area contributed by atoms with Crippen molar-refractivity contribution in [2.45, 2.75) is 135 Å². The molecule has 3 aromatic rings. The fraction of sp³-hybridized carbons (Fsp3) is 0.500. The summed E-state index contributed by atoms with van der Waals surface area (Å²) in [6.45, 7) is 2.28. The number of hydrogen-bond acceptors (Lipinski definition) is 3. The predicted molar refractivity (Wildman–Crippen MR) is 205 cm³/mol. The van der Waals surface area contributed by atoms with Gasteiger partial charge in [-0.15, -0.1) is 0 Å². The highest BCUT2D eigenvalue weighted by Gasteiger charge is 2.02. The van der Waals surface area contributed by atoms with E-state index in [2.05, 4.69) is 57.2 Å². The van der Waals surface area contributed by atoms with Crippen LogP contribution in [0.3, 0.4) is 0 Å². The summed E-state index contributed by atoms with van der Waals surface area (Å²) >= 11 is 0. The molecular formula is C42H58N4O2. The molecule has 6 nitrogen and oxygen atoms in total. The number of nitrogens with one attached hydrogen (secondary N) is 2. The van der Waals surface area contributed by atoms with Gasteiger partial charge in [0.15, 0.2) is 0 Å². The number of unbranched alkanes of at least 4 members (excludes halogenated alkanes) is 18. The Kier molecular flexibility index (Phi) is 16.8. The van der Waals surface area contributed by atoms with E-state index in [1.54, 1.807) is 0 Å². The zero-order valence-corrected chi connectivity index (χ0v) is 29.3. The summed E-state index contributed by atoms with van der Waals surface area (Å²) in [5, 5.41) is 8.56. The van der Waals surface area contributed by atoms with Crippen molar-refractivity contribution in [3.63, 3.8) is 0 Å². The third kappa shape index (κ3) is 14.9. The van der Waals surface area contributed by atoms with Gasteiger partial charge in [-0.05, 0) is 79.3 Å². The molecule has 2 aliphatic heterocycles. The van der Waals surface area contributed by atoms with Crippen LogP contribution in [0.25, 0.3) is 46.4 Å². The summed E-state index contributed by atoms with van der Waals surface area (Å²) in [4.78, 5) is 26.4. The first kappa shape index (κ1) is 36.9. The van der Waals surface area contributed by atoms with Gasteiger partial charge < -0.3 is 15.1 Å². The predicted octanol–water partition coefficient (Wildman–Crippen LogP) is 12.5. The first-order valence-corrected chi connectivity index (χ1v) is 18.8. The van der Waals surface area contributed by atoms with E-state index in [1.165, 1.54) is 109 Å². The standard InChI is InChI=1S/C22H44O2.C20H14N4/c1-2-3-4-5-6-7-8-9-10-11-12-13-14-15-16-17-18-19-20-21-22(23)24;1-2-14-10-16-5-6-18(23-16)12-20-8-7-19(24-20)11-17-4-3-15(22-17)9-13(1)21-14/h2-21H2,1H3,(H,23,24);1-12,21-22H. The number of H-pyrrole nitrogens is 2. The zero-order chi connectivity index (χ0) is 33.7. The van der Waals surface area contributed by atoms with Crippen LogP contribution < -0.4 is 0 Å². The Morgan fingerprint density at radius 1 is 0.479 bits per heavy atom. The normalized spacial score (nSPS) is 11.9. The van der Waals surface area contributed by atoms with Gasteiger partial charge in [0.2, 0.25) is 0 Å². The van der Waals surface area contributed by atoms with Crippen molar-refractivity contribution in [2.75, 3.05) is 0 Å². The Labute approximate surface area is 288 Å². The Morgan fingerprint density at radius 2 is 0.792 bits per heavy atom. The lowest BCUT2D eigenvalue weighted by atomic mass is 10.0. The first-order valence-electron chi connectivity index (χ1n) is 18.8. The molecule has 0 radical (unpaired) electrons. The van der Waals surface area contributed by atoms with Crippen LogP contribution in [0.2, 0.25) is 0 Å². The molecule has 258 valence electrons. The maximum Gasteiger partial charge on any atom is 0.303 e. The van der Waals surface area contributed by atoms with E-state index in [0.29, 0.717) is 6.42 Å². The Bertz CT molecular complexity index is 1510. The number of aliphatic carboxylic acids is 1. The first-order chi connectivity index (χ1) is 23.6.